The maximum absolute atomic E-state index is 10.8. The smallest absolute Gasteiger partial charge is 0.335 e. The van der Waals surface area contributed by atoms with E-state index in [0.29, 0.717) is 19.0 Å². The molecule has 0 spiro atoms. The van der Waals surface area contributed by atoms with Crippen LogP contribution in [0.4, 0.5) is 0 Å². The molecule has 0 saturated heterocycles. The number of halogens is 1. The van der Waals surface area contributed by atoms with Gasteiger partial charge in [-0.15, -0.1) is 12.4 Å². The Bertz CT molecular complexity index is 1090. The molecule has 0 unspecified atom stereocenters. The van der Waals surface area contributed by atoms with Crippen LogP contribution in [-0.4, -0.2) is 33.8 Å². The summed E-state index contributed by atoms with van der Waals surface area (Å²) in [5.74, 6) is 0.399. The third kappa shape index (κ3) is 4.67. The van der Waals surface area contributed by atoms with Gasteiger partial charge in [-0.05, 0) is 60.7 Å². The van der Waals surface area contributed by atoms with Crippen molar-refractivity contribution in [2.75, 3.05) is 13.2 Å². The van der Waals surface area contributed by atoms with Crippen LogP contribution >= 0.6 is 12.4 Å². The van der Waals surface area contributed by atoms with Gasteiger partial charge in [-0.3, -0.25) is 4.57 Å². The second-order valence-corrected chi connectivity index (χ2v) is 6.12. The molecule has 29 heavy (non-hydrogen) atoms. The molecule has 7 heteroatoms. The number of hydrogen-bond acceptors (Lipinski definition) is 4. The molecule has 1 heterocycles. The fraction of sp³-hybridized carbons (Fsp3) is 0.0909. The van der Waals surface area contributed by atoms with E-state index in [-0.39, 0.29) is 18.0 Å². The Balaban J connectivity index is 0.00000240. The van der Waals surface area contributed by atoms with Crippen molar-refractivity contribution in [3.8, 4) is 17.2 Å². The number of fused-ring (bicyclic) bond motifs is 1. The van der Waals surface area contributed by atoms with Gasteiger partial charge in [-0.1, -0.05) is 12.1 Å². The predicted octanol–water partition coefficient (Wildman–Crippen LogP) is 4.60. The molecule has 148 valence electrons. The highest BCUT2D eigenvalue weighted by atomic mass is 35.5. The minimum Gasteiger partial charge on any atom is -0.490 e. The van der Waals surface area contributed by atoms with E-state index in [9.17, 15) is 4.79 Å². The molecule has 0 aliphatic rings. The SMILES string of the molecule is Cl.O=C(O)c1ccc(OCCOc2ccc(-n3cnc4ccccc43)cc2)cc1. The van der Waals surface area contributed by atoms with Crippen LogP contribution in [0, 0.1) is 0 Å². The maximum Gasteiger partial charge on any atom is 0.335 e. The van der Waals surface area contributed by atoms with Crippen LogP contribution in [-0.2, 0) is 0 Å². The molecule has 3 aromatic carbocycles. The minimum absolute atomic E-state index is 0. The Morgan fingerprint density at radius 3 is 2.07 bits per heavy atom. The monoisotopic (exact) mass is 410 g/mol. The summed E-state index contributed by atoms with van der Waals surface area (Å²) in [6.07, 6.45) is 1.81. The first kappa shape index (κ1) is 20.2. The van der Waals surface area contributed by atoms with Crippen LogP contribution in [0.3, 0.4) is 0 Å². The molecule has 0 aliphatic heterocycles. The standard InChI is InChI=1S/C22H18N2O4.ClH/c25-22(26)16-5-9-18(10-6-16)27-13-14-28-19-11-7-17(8-12-19)24-15-23-20-3-1-2-4-21(20)24;/h1-12,15H,13-14H2,(H,25,26);1H. The van der Waals surface area contributed by atoms with Crippen molar-refractivity contribution in [3.63, 3.8) is 0 Å². The van der Waals surface area contributed by atoms with Gasteiger partial charge in [0.2, 0.25) is 0 Å². The maximum atomic E-state index is 10.8. The Hall–Kier alpha value is -3.51. The summed E-state index contributed by atoms with van der Waals surface area (Å²) in [6, 6.07) is 22.1. The molecule has 0 aliphatic carbocycles. The number of carboxylic acids is 1. The average Bonchev–Trinajstić information content (AvgIpc) is 3.16. The first-order chi connectivity index (χ1) is 13.7. The van der Waals surface area contributed by atoms with Crippen LogP contribution in [0.1, 0.15) is 10.4 Å². The summed E-state index contributed by atoms with van der Waals surface area (Å²) in [5, 5.41) is 8.88. The van der Waals surface area contributed by atoms with E-state index in [4.69, 9.17) is 14.6 Å². The number of aromatic carboxylic acids is 1. The number of imidazole rings is 1. The lowest BCUT2D eigenvalue weighted by molar-refractivity contribution is 0.0697. The van der Waals surface area contributed by atoms with Gasteiger partial charge in [0.15, 0.2) is 0 Å². The zero-order chi connectivity index (χ0) is 19.3. The van der Waals surface area contributed by atoms with Gasteiger partial charge in [0.05, 0.1) is 16.6 Å². The highest BCUT2D eigenvalue weighted by Gasteiger charge is 2.05. The molecule has 1 N–H and O–H groups in total. The third-order valence-corrected chi connectivity index (χ3v) is 4.29. The predicted molar refractivity (Wildman–Crippen MR) is 113 cm³/mol. The summed E-state index contributed by atoms with van der Waals surface area (Å²) in [5.41, 5.74) is 3.25. The molecular formula is C22H19ClN2O4. The van der Waals surface area contributed by atoms with E-state index in [2.05, 4.69) is 4.98 Å². The minimum atomic E-state index is -0.956. The zero-order valence-corrected chi connectivity index (χ0v) is 16.2. The van der Waals surface area contributed by atoms with Gasteiger partial charge < -0.3 is 14.6 Å². The largest absolute Gasteiger partial charge is 0.490 e. The molecule has 0 atom stereocenters. The second-order valence-electron chi connectivity index (χ2n) is 6.12. The van der Waals surface area contributed by atoms with E-state index in [0.717, 1.165) is 22.5 Å². The fourth-order valence-electron chi connectivity index (χ4n) is 2.88. The topological polar surface area (TPSA) is 73.6 Å². The lowest BCUT2D eigenvalue weighted by Crippen LogP contribution is -2.09. The number of para-hydroxylation sites is 2. The summed E-state index contributed by atoms with van der Waals surface area (Å²) in [7, 11) is 0. The molecule has 4 rings (SSSR count). The normalized spacial score (nSPS) is 10.3. The molecule has 0 fully saturated rings. The zero-order valence-electron chi connectivity index (χ0n) is 15.4. The molecule has 0 bridgehead atoms. The number of rotatable bonds is 7. The van der Waals surface area contributed by atoms with E-state index >= 15 is 0 Å². The van der Waals surface area contributed by atoms with Gasteiger partial charge in [0.25, 0.3) is 0 Å². The Kier molecular flexibility index (Phi) is 6.36. The van der Waals surface area contributed by atoms with Gasteiger partial charge in [-0.25, -0.2) is 9.78 Å². The Morgan fingerprint density at radius 1 is 0.862 bits per heavy atom. The molecule has 1 aromatic heterocycles. The number of carbonyl (C=O) groups is 1. The Labute approximate surface area is 173 Å². The number of ether oxygens (including phenoxy) is 2. The van der Waals surface area contributed by atoms with Crippen molar-refractivity contribution in [2.24, 2.45) is 0 Å². The van der Waals surface area contributed by atoms with E-state index in [1.165, 1.54) is 12.1 Å². The number of benzene rings is 3. The van der Waals surface area contributed by atoms with Crippen molar-refractivity contribution >= 4 is 29.4 Å². The van der Waals surface area contributed by atoms with E-state index in [1.807, 2.05) is 59.4 Å². The quantitative estimate of drug-likeness (QED) is 0.450. The van der Waals surface area contributed by atoms with Crippen LogP contribution < -0.4 is 9.47 Å². The van der Waals surface area contributed by atoms with Crippen LogP contribution in [0.25, 0.3) is 16.7 Å². The van der Waals surface area contributed by atoms with Crippen molar-refractivity contribution in [1.82, 2.24) is 9.55 Å². The van der Waals surface area contributed by atoms with Crippen LogP contribution in [0.15, 0.2) is 79.1 Å². The number of nitrogens with zero attached hydrogens (tertiary/aromatic N) is 2. The van der Waals surface area contributed by atoms with Crippen LogP contribution in [0.5, 0.6) is 11.5 Å². The molecular weight excluding hydrogens is 392 g/mol. The van der Waals surface area contributed by atoms with Crippen LogP contribution in [0.2, 0.25) is 0 Å². The van der Waals surface area contributed by atoms with Crippen molar-refractivity contribution in [2.45, 2.75) is 0 Å². The second kappa shape index (κ2) is 9.12. The van der Waals surface area contributed by atoms with Gasteiger partial charge in [-0.2, -0.15) is 0 Å². The number of carboxylic acid groups (broad SMARTS) is 1. The van der Waals surface area contributed by atoms with E-state index < -0.39 is 5.97 Å². The van der Waals surface area contributed by atoms with Gasteiger partial charge >= 0.3 is 5.97 Å². The number of hydrogen-bond donors (Lipinski definition) is 1. The molecule has 0 amide bonds. The van der Waals surface area contributed by atoms with Crippen molar-refractivity contribution in [1.29, 1.82) is 0 Å². The van der Waals surface area contributed by atoms with Crippen molar-refractivity contribution in [3.05, 3.63) is 84.7 Å². The lowest BCUT2D eigenvalue weighted by atomic mass is 10.2. The summed E-state index contributed by atoms with van der Waals surface area (Å²) >= 11 is 0. The number of aromatic nitrogens is 2. The Morgan fingerprint density at radius 2 is 1.45 bits per heavy atom. The van der Waals surface area contributed by atoms with Gasteiger partial charge in [0.1, 0.15) is 31.0 Å². The first-order valence-corrected chi connectivity index (χ1v) is 8.82. The fourth-order valence-corrected chi connectivity index (χ4v) is 2.88. The van der Waals surface area contributed by atoms with Gasteiger partial charge in [0, 0.05) is 5.69 Å². The lowest BCUT2D eigenvalue weighted by Gasteiger charge is -2.10. The van der Waals surface area contributed by atoms with Crippen molar-refractivity contribution < 1.29 is 19.4 Å². The molecule has 0 radical (unpaired) electrons. The van der Waals surface area contributed by atoms with E-state index in [1.54, 1.807) is 12.1 Å². The highest BCUT2D eigenvalue weighted by Crippen LogP contribution is 2.20. The summed E-state index contributed by atoms with van der Waals surface area (Å²) in [4.78, 5) is 15.2. The molecule has 4 aromatic rings. The summed E-state index contributed by atoms with van der Waals surface area (Å²) < 4.78 is 13.3. The average molecular weight is 411 g/mol. The molecule has 6 nitrogen and oxygen atoms in total. The summed E-state index contributed by atoms with van der Waals surface area (Å²) in [6.45, 7) is 0.744. The molecule has 0 saturated carbocycles. The highest BCUT2D eigenvalue weighted by molar-refractivity contribution is 5.87. The third-order valence-electron chi connectivity index (χ3n) is 4.29. The first-order valence-electron chi connectivity index (χ1n) is 8.82.